The Labute approximate surface area is 157 Å². The average molecular weight is 404 g/mol. The molecule has 0 heterocycles. The van der Waals surface area contributed by atoms with E-state index in [0.717, 1.165) is 18.8 Å². The Morgan fingerprint density at radius 2 is 0.963 bits per heavy atom. The van der Waals surface area contributed by atoms with Crippen LogP contribution < -0.4 is 0 Å². The molecule has 0 saturated heterocycles. The highest BCUT2D eigenvalue weighted by atomic mass is 19.4. The largest absolute Gasteiger partial charge is 0.459 e. The SMILES string of the molecule is CCCC1CCC(CCC2CCC(C(F)(F)C(F)(F)C(F)(F)F)CC2)CC1. The molecule has 0 bridgehead atoms. The highest BCUT2D eigenvalue weighted by molar-refractivity contribution is 4.97. The third-order valence-corrected chi connectivity index (χ3v) is 6.78. The Morgan fingerprint density at radius 3 is 1.33 bits per heavy atom. The number of rotatable bonds is 7. The molecule has 0 spiro atoms. The van der Waals surface area contributed by atoms with Crippen LogP contribution >= 0.6 is 0 Å². The smallest absolute Gasteiger partial charge is 0.199 e. The highest BCUT2D eigenvalue weighted by Crippen LogP contribution is 2.53. The van der Waals surface area contributed by atoms with Gasteiger partial charge in [0.05, 0.1) is 0 Å². The molecule has 0 amide bonds. The Kier molecular flexibility index (Phi) is 7.51. The van der Waals surface area contributed by atoms with E-state index in [9.17, 15) is 30.7 Å². The van der Waals surface area contributed by atoms with Gasteiger partial charge in [0.1, 0.15) is 0 Å². The molecule has 0 atom stereocenters. The molecule has 7 heteroatoms. The first-order chi connectivity index (χ1) is 12.5. The summed E-state index contributed by atoms with van der Waals surface area (Å²) in [6.07, 6.45) is 3.13. The van der Waals surface area contributed by atoms with Crippen LogP contribution in [0.2, 0.25) is 0 Å². The zero-order valence-corrected chi connectivity index (χ0v) is 15.9. The summed E-state index contributed by atoms with van der Waals surface area (Å²) in [7, 11) is 0. The zero-order valence-electron chi connectivity index (χ0n) is 15.9. The van der Waals surface area contributed by atoms with Crippen molar-refractivity contribution in [3.8, 4) is 0 Å². The second kappa shape index (κ2) is 8.89. The van der Waals surface area contributed by atoms with Crippen molar-refractivity contribution in [3.05, 3.63) is 0 Å². The minimum Gasteiger partial charge on any atom is -0.199 e. The van der Waals surface area contributed by atoms with Crippen molar-refractivity contribution < 1.29 is 30.7 Å². The van der Waals surface area contributed by atoms with Crippen LogP contribution in [-0.4, -0.2) is 18.0 Å². The molecule has 160 valence electrons. The number of hydrogen-bond acceptors (Lipinski definition) is 0. The molecule has 0 nitrogen and oxygen atoms in total. The van der Waals surface area contributed by atoms with Crippen molar-refractivity contribution >= 4 is 0 Å². The van der Waals surface area contributed by atoms with Crippen LogP contribution in [-0.2, 0) is 0 Å². The first-order valence-corrected chi connectivity index (χ1v) is 10.3. The van der Waals surface area contributed by atoms with Crippen molar-refractivity contribution in [1.82, 2.24) is 0 Å². The van der Waals surface area contributed by atoms with E-state index in [0.29, 0.717) is 18.8 Å². The summed E-state index contributed by atoms with van der Waals surface area (Å²) in [6, 6.07) is 0. The van der Waals surface area contributed by atoms with Crippen LogP contribution in [0.4, 0.5) is 30.7 Å². The minimum atomic E-state index is -6.22. The third kappa shape index (κ3) is 5.31. The van der Waals surface area contributed by atoms with Crippen molar-refractivity contribution in [3.63, 3.8) is 0 Å². The topological polar surface area (TPSA) is 0 Å². The monoisotopic (exact) mass is 404 g/mol. The lowest BCUT2D eigenvalue weighted by Crippen LogP contribution is -2.56. The molecule has 0 aromatic heterocycles. The predicted molar refractivity (Wildman–Crippen MR) is 91.0 cm³/mol. The molecule has 2 rings (SSSR count). The van der Waals surface area contributed by atoms with Crippen LogP contribution in [0.25, 0.3) is 0 Å². The van der Waals surface area contributed by atoms with Gasteiger partial charge < -0.3 is 0 Å². The van der Waals surface area contributed by atoms with Crippen molar-refractivity contribution in [2.24, 2.45) is 23.7 Å². The second-order valence-electron chi connectivity index (χ2n) is 8.67. The van der Waals surface area contributed by atoms with E-state index in [1.54, 1.807) is 0 Å². The predicted octanol–water partition coefficient (Wildman–Crippen LogP) is 8.01. The van der Waals surface area contributed by atoms with E-state index in [2.05, 4.69) is 6.92 Å². The first kappa shape index (κ1) is 22.8. The average Bonchev–Trinajstić information content (AvgIpc) is 2.60. The summed E-state index contributed by atoms with van der Waals surface area (Å²) in [6.45, 7) is 2.19. The maximum absolute atomic E-state index is 13.8. The molecule has 0 aromatic carbocycles. The van der Waals surface area contributed by atoms with Crippen molar-refractivity contribution in [1.29, 1.82) is 0 Å². The van der Waals surface area contributed by atoms with Gasteiger partial charge in [-0.3, -0.25) is 0 Å². The fourth-order valence-electron chi connectivity index (χ4n) is 4.95. The maximum Gasteiger partial charge on any atom is 0.459 e. The van der Waals surface area contributed by atoms with Gasteiger partial charge in [-0.15, -0.1) is 0 Å². The second-order valence-corrected chi connectivity index (χ2v) is 8.67. The lowest BCUT2D eigenvalue weighted by Gasteiger charge is -2.38. The van der Waals surface area contributed by atoms with E-state index in [4.69, 9.17) is 0 Å². The van der Waals surface area contributed by atoms with Gasteiger partial charge in [0.15, 0.2) is 0 Å². The molecular weight excluding hydrogens is 373 g/mol. The normalized spacial score (nSPS) is 31.1. The van der Waals surface area contributed by atoms with Gasteiger partial charge in [0.2, 0.25) is 0 Å². The quantitative estimate of drug-likeness (QED) is 0.377. The lowest BCUT2D eigenvalue weighted by atomic mass is 9.73. The van der Waals surface area contributed by atoms with Crippen LogP contribution in [0.3, 0.4) is 0 Å². The van der Waals surface area contributed by atoms with E-state index >= 15 is 0 Å². The van der Waals surface area contributed by atoms with E-state index in [1.807, 2.05) is 0 Å². The molecule has 2 fully saturated rings. The molecule has 0 unspecified atom stereocenters. The van der Waals surface area contributed by atoms with Crippen LogP contribution in [0.5, 0.6) is 0 Å². The first-order valence-electron chi connectivity index (χ1n) is 10.3. The van der Waals surface area contributed by atoms with Gasteiger partial charge in [0, 0.05) is 5.92 Å². The summed E-state index contributed by atoms with van der Waals surface area (Å²) < 4.78 is 91.0. The summed E-state index contributed by atoms with van der Waals surface area (Å²) in [4.78, 5) is 0. The summed E-state index contributed by atoms with van der Waals surface area (Å²) in [5.74, 6) is -11.3. The van der Waals surface area contributed by atoms with Gasteiger partial charge in [-0.1, -0.05) is 58.3 Å². The maximum atomic E-state index is 13.8. The van der Waals surface area contributed by atoms with Crippen LogP contribution in [0, 0.1) is 23.7 Å². The van der Waals surface area contributed by atoms with E-state index < -0.39 is 23.9 Å². The van der Waals surface area contributed by atoms with Crippen LogP contribution in [0.15, 0.2) is 0 Å². The lowest BCUT2D eigenvalue weighted by molar-refractivity contribution is -0.367. The standard InChI is InChI=1S/C20H31F7/c1-2-3-14-4-6-15(7-5-14)8-9-16-10-12-17(13-11-16)18(21,22)19(23,24)20(25,26)27/h14-17H,2-13H2,1H3. The molecule has 2 saturated carbocycles. The van der Waals surface area contributed by atoms with Crippen molar-refractivity contribution in [2.45, 2.75) is 102 Å². The van der Waals surface area contributed by atoms with Gasteiger partial charge in [-0.25, -0.2) is 0 Å². The minimum absolute atomic E-state index is 0.171. The fraction of sp³-hybridized carbons (Fsp3) is 1.00. The Morgan fingerprint density at radius 1 is 0.593 bits per heavy atom. The Hall–Kier alpha value is -0.490. The van der Waals surface area contributed by atoms with Crippen molar-refractivity contribution in [2.75, 3.05) is 0 Å². The number of hydrogen-bond donors (Lipinski definition) is 0. The summed E-state index contributed by atoms with van der Waals surface area (Å²) in [5.41, 5.74) is 0. The molecule has 0 aromatic rings. The molecular formula is C20H31F7. The van der Waals surface area contributed by atoms with Gasteiger partial charge in [-0.05, 0) is 43.4 Å². The molecule has 27 heavy (non-hydrogen) atoms. The molecule has 0 N–H and O–H groups in total. The molecule has 0 radical (unpaired) electrons. The van der Waals surface area contributed by atoms with Gasteiger partial charge in [-0.2, -0.15) is 30.7 Å². The third-order valence-electron chi connectivity index (χ3n) is 6.78. The highest BCUT2D eigenvalue weighted by Gasteiger charge is 2.74. The summed E-state index contributed by atoms with van der Waals surface area (Å²) in [5, 5.41) is 0. The molecule has 0 aliphatic heterocycles. The molecule has 2 aliphatic rings. The van der Waals surface area contributed by atoms with E-state index in [-0.39, 0.29) is 18.8 Å². The van der Waals surface area contributed by atoms with Crippen LogP contribution in [0.1, 0.15) is 84.0 Å². The Bertz CT molecular complexity index is 442. The number of alkyl halides is 7. The van der Waals surface area contributed by atoms with Gasteiger partial charge in [0.25, 0.3) is 0 Å². The Balaban J connectivity index is 1.76. The zero-order chi connectivity index (χ0) is 20.3. The number of halogens is 7. The summed E-state index contributed by atoms with van der Waals surface area (Å²) >= 11 is 0. The molecule has 2 aliphatic carbocycles. The van der Waals surface area contributed by atoms with Gasteiger partial charge >= 0.3 is 18.0 Å². The fourth-order valence-corrected chi connectivity index (χ4v) is 4.95. The van der Waals surface area contributed by atoms with E-state index in [1.165, 1.54) is 38.5 Å².